The van der Waals surface area contributed by atoms with E-state index in [1.165, 1.54) is 19.2 Å². The van der Waals surface area contributed by atoms with Crippen molar-refractivity contribution in [2.45, 2.75) is 19.6 Å². The normalized spacial score (nSPS) is 10.4. The molecule has 0 radical (unpaired) electrons. The molecule has 1 aromatic carbocycles. The zero-order valence-corrected chi connectivity index (χ0v) is 11.4. The Kier molecular flexibility index (Phi) is 4.08. The van der Waals surface area contributed by atoms with Gasteiger partial charge in [0.2, 0.25) is 0 Å². The van der Waals surface area contributed by atoms with E-state index in [-0.39, 0.29) is 5.56 Å². The van der Waals surface area contributed by atoms with Crippen LogP contribution in [0.3, 0.4) is 0 Å². The summed E-state index contributed by atoms with van der Waals surface area (Å²) < 4.78 is 17.8. The average molecular weight is 250 g/mol. The first-order chi connectivity index (χ1) is 7.83. The topological polar surface area (TPSA) is 26.3 Å². The van der Waals surface area contributed by atoms with Gasteiger partial charge in [-0.25, -0.2) is 9.18 Å². The number of halogens is 1. The van der Waals surface area contributed by atoms with Crippen LogP contribution in [0.4, 0.5) is 4.39 Å². The van der Waals surface area contributed by atoms with Gasteiger partial charge in [0.25, 0.3) is 0 Å². The number of benzene rings is 1. The molecule has 90 valence electrons. The third-order valence-corrected chi connectivity index (χ3v) is 2.83. The summed E-state index contributed by atoms with van der Waals surface area (Å²) in [5.41, 5.74) is 3.72. The molecule has 0 aliphatic rings. The number of rotatable bonds is 1. The Morgan fingerprint density at radius 1 is 1.35 bits per heavy atom. The van der Waals surface area contributed by atoms with Crippen LogP contribution >= 0.6 is 0 Å². The molecule has 0 amide bonds. The van der Waals surface area contributed by atoms with Crippen LogP contribution < -0.4 is 0 Å². The van der Waals surface area contributed by atoms with Gasteiger partial charge in [0.15, 0.2) is 0 Å². The fourth-order valence-electron chi connectivity index (χ4n) is 1.13. The highest BCUT2D eigenvalue weighted by Crippen LogP contribution is 2.11. The molecule has 0 aliphatic heterocycles. The van der Waals surface area contributed by atoms with Gasteiger partial charge in [0.1, 0.15) is 13.9 Å². The van der Waals surface area contributed by atoms with Gasteiger partial charge in [-0.05, 0) is 18.2 Å². The van der Waals surface area contributed by atoms with Gasteiger partial charge in [0.05, 0.1) is 12.7 Å². The van der Waals surface area contributed by atoms with E-state index in [9.17, 15) is 9.18 Å². The zero-order valence-electron chi connectivity index (χ0n) is 10.4. The standard InChI is InChI=1S/C13H15FO2Si/c1-16-13(15)11-9-10(5-6-12(11)14)7-8-17(2,3)4/h5-6,9H,1-4H3. The molecule has 0 saturated heterocycles. The molecular weight excluding hydrogens is 235 g/mol. The Morgan fingerprint density at radius 2 is 2.00 bits per heavy atom. The Hall–Kier alpha value is -1.60. The summed E-state index contributed by atoms with van der Waals surface area (Å²) in [7, 11) is -0.253. The predicted molar refractivity (Wildman–Crippen MR) is 68.0 cm³/mol. The molecule has 0 saturated carbocycles. The molecule has 0 heterocycles. The van der Waals surface area contributed by atoms with Gasteiger partial charge < -0.3 is 4.74 Å². The monoisotopic (exact) mass is 250 g/mol. The van der Waals surface area contributed by atoms with Crippen LogP contribution in [0, 0.1) is 17.3 Å². The lowest BCUT2D eigenvalue weighted by Crippen LogP contribution is -2.16. The quantitative estimate of drug-likeness (QED) is 0.435. The second-order valence-corrected chi connectivity index (χ2v) is 9.44. The predicted octanol–water partition coefficient (Wildman–Crippen LogP) is 2.84. The maximum absolute atomic E-state index is 13.3. The maximum atomic E-state index is 13.3. The lowest BCUT2D eigenvalue weighted by Gasteiger charge is -2.04. The number of methoxy groups -OCH3 is 1. The van der Waals surface area contributed by atoms with Gasteiger partial charge in [0, 0.05) is 5.56 Å². The van der Waals surface area contributed by atoms with Gasteiger partial charge in [-0.2, -0.15) is 0 Å². The Balaban J connectivity index is 3.12. The first-order valence-corrected chi connectivity index (χ1v) is 8.74. The average Bonchev–Trinajstić information content (AvgIpc) is 2.26. The molecule has 0 unspecified atom stereocenters. The summed E-state index contributed by atoms with van der Waals surface area (Å²) in [6.45, 7) is 6.35. The van der Waals surface area contributed by atoms with Gasteiger partial charge in [-0.15, -0.1) is 5.54 Å². The molecule has 4 heteroatoms. The number of carbonyl (C=O) groups excluding carboxylic acids is 1. The minimum absolute atomic E-state index is 0.0742. The summed E-state index contributed by atoms with van der Waals surface area (Å²) in [6.07, 6.45) is 0. The second kappa shape index (κ2) is 5.15. The summed E-state index contributed by atoms with van der Waals surface area (Å²) >= 11 is 0. The third-order valence-electron chi connectivity index (χ3n) is 1.95. The van der Waals surface area contributed by atoms with E-state index in [1.807, 2.05) is 0 Å². The number of ether oxygens (including phenoxy) is 1. The first kappa shape index (κ1) is 13.5. The van der Waals surface area contributed by atoms with E-state index in [4.69, 9.17) is 0 Å². The zero-order chi connectivity index (χ0) is 13.1. The van der Waals surface area contributed by atoms with Crippen molar-refractivity contribution in [3.05, 3.63) is 35.1 Å². The van der Waals surface area contributed by atoms with Crippen LogP contribution in [0.15, 0.2) is 18.2 Å². The molecule has 17 heavy (non-hydrogen) atoms. The largest absolute Gasteiger partial charge is 0.465 e. The van der Waals surface area contributed by atoms with E-state index in [0.29, 0.717) is 5.56 Å². The molecule has 1 aromatic rings. The highest BCUT2D eigenvalue weighted by molar-refractivity contribution is 6.83. The molecule has 0 spiro atoms. The van der Waals surface area contributed by atoms with E-state index < -0.39 is 19.9 Å². The van der Waals surface area contributed by atoms with Gasteiger partial charge in [-0.3, -0.25) is 0 Å². The first-order valence-electron chi connectivity index (χ1n) is 5.24. The number of hydrogen-bond acceptors (Lipinski definition) is 2. The van der Waals surface area contributed by atoms with Crippen LogP contribution in [-0.4, -0.2) is 21.2 Å². The Bertz CT molecular complexity index is 492. The van der Waals surface area contributed by atoms with Crippen LogP contribution in [0.1, 0.15) is 15.9 Å². The van der Waals surface area contributed by atoms with E-state index in [1.54, 1.807) is 6.07 Å². The van der Waals surface area contributed by atoms with E-state index in [2.05, 4.69) is 35.8 Å². The Morgan fingerprint density at radius 3 is 2.53 bits per heavy atom. The van der Waals surface area contributed by atoms with Crippen molar-refractivity contribution < 1.29 is 13.9 Å². The van der Waals surface area contributed by atoms with Gasteiger partial charge in [-0.1, -0.05) is 25.6 Å². The number of carbonyl (C=O) groups is 1. The summed E-state index contributed by atoms with van der Waals surface area (Å²) in [6, 6.07) is 4.23. The van der Waals surface area contributed by atoms with Crippen molar-refractivity contribution in [1.29, 1.82) is 0 Å². The minimum atomic E-state index is -1.48. The van der Waals surface area contributed by atoms with Crippen molar-refractivity contribution in [1.82, 2.24) is 0 Å². The van der Waals surface area contributed by atoms with E-state index >= 15 is 0 Å². The van der Waals surface area contributed by atoms with Crippen molar-refractivity contribution >= 4 is 14.0 Å². The fraction of sp³-hybridized carbons (Fsp3) is 0.308. The maximum Gasteiger partial charge on any atom is 0.340 e. The summed E-state index contributed by atoms with van der Waals surface area (Å²) in [5.74, 6) is 1.70. The summed E-state index contributed by atoms with van der Waals surface area (Å²) in [4.78, 5) is 11.3. The van der Waals surface area contributed by atoms with Crippen molar-refractivity contribution in [3.8, 4) is 11.5 Å². The fourth-order valence-corrected chi connectivity index (χ4v) is 1.65. The van der Waals surface area contributed by atoms with Gasteiger partial charge >= 0.3 is 5.97 Å². The summed E-state index contributed by atoms with van der Waals surface area (Å²) in [5, 5.41) is 0. The molecule has 2 nitrogen and oxygen atoms in total. The molecule has 0 N–H and O–H groups in total. The highest BCUT2D eigenvalue weighted by atomic mass is 28.3. The molecule has 1 rings (SSSR count). The molecule has 0 fully saturated rings. The molecule has 0 aliphatic carbocycles. The lowest BCUT2D eigenvalue weighted by molar-refractivity contribution is 0.0595. The van der Waals surface area contributed by atoms with Crippen LogP contribution in [0.25, 0.3) is 0 Å². The van der Waals surface area contributed by atoms with Crippen molar-refractivity contribution in [2.75, 3.05) is 7.11 Å². The minimum Gasteiger partial charge on any atom is -0.465 e. The molecule has 0 aromatic heterocycles. The van der Waals surface area contributed by atoms with Crippen molar-refractivity contribution in [3.63, 3.8) is 0 Å². The van der Waals surface area contributed by atoms with Crippen LogP contribution in [0.2, 0.25) is 19.6 Å². The number of hydrogen-bond donors (Lipinski definition) is 0. The van der Waals surface area contributed by atoms with Crippen LogP contribution in [-0.2, 0) is 4.74 Å². The second-order valence-electron chi connectivity index (χ2n) is 4.69. The third kappa shape index (κ3) is 4.04. The highest BCUT2D eigenvalue weighted by Gasteiger charge is 2.12. The Labute approximate surface area is 102 Å². The number of esters is 1. The smallest absolute Gasteiger partial charge is 0.340 e. The molecule has 0 atom stereocenters. The van der Waals surface area contributed by atoms with E-state index in [0.717, 1.165) is 0 Å². The molecular formula is C13H15FO2Si. The van der Waals surface area contributed by atoms with Crippen molar-refractivity contribution in [2.24, 2.45) is 0 Å². The molecule has 0 bridgehead atoms. The SMILES string of the molecule is COC(=O)c1cc(C#C[Si](C)(C)C)ccc1F. The van der Waals surface area contributed by atoms with Crippen LogP contribution in [0.5, 0.6) is 0 Å². The lowest BCUT2D eigenvalue weighted by atomic mass is 10.1.